The molecule has 1 aromatic carbocycles. The SMILES string of the molecule is CC1=CN2C(=NC3C2C(=O)N(Cc2cc(C)ccc2C)C(=O)N3C)N1CCCl. The number of nitrogens with zero attached hydrogens (tertiary/aromatic N) is 5. The average Bonchev–Trinajstić information content (AvgIpc) is 3.16. The third kappa shape index (κ3) is 2.76. The molecule has 7 nitrogen and oxygen atoms in total. The van der Waals surface area contributed by atoms with Gasteiger partial charge in [-0.2, -0.15) is 0 Å². The number of alkyl halides is 1. The Morgan fingerprint density at radius 3 is 2.61 bits per heavy atom. The number of imide groups is 1. The molecule has 0 N–H and O–H groups in total. The van der Waals surface area contributed by atoms with E-state index in [4.69, 9.17) is 16.6 Å². The number of aliphatic imine (C=N–C) groups is 1. The minimum Gasteiger partial charge on any atom is -0.314 e. The standard InChI is InChI=1S/C20H24ClN5O2/c1-12-5-6-13(2)15(9-12)11-26-18(27)16-17(23(4)20(26)28)22-19-24(8-7-21)14(3)10-25(16)19/h5-6,9-10,16-17H,7-8,11H2,1-4H3. The summed E-state index contributed by atoms with van der Waals surface area (Å²) in [6.45, 7) is 6.84. The lowest BCUT2D eigenvalue weighted by Crippen LogP contribution is -2.63. The maximum Gasteiger partial charge on any atom is 0.328 e. The summed E-state index contributed by atoms with van der Waals surface area (Å²) in [6, 6.07) is 5.21. The van der Waals surface area contributed by atoms with Crippen molar-refractivity contribution in [2.24, 2.45) is 4.99 Å². The Kier molecular flexibility index (Phi) is 4.57. The highest BCUT2D eigenvalue weighted by Crippen LogP contribution is 2.34. The molecule has 2 unspecified atom stereocenters. The van der Waals surface area contributed by atoms with E-state index in [0.717, 1.165) is 22.4 Å². The van der Waals surface area contributed by atoms with E-state index in [2.05, 4.69) is 0 Å². The van der Waals surface area contributed by atoms with Gasteiger partial charge in [-0.1, -0.05) is 23.8 Å². The Morgan fingerprint density at radius 2 is 1.89 bits per heavy atom. The number of hydrogen-bond donors (Lipinski definition) is 0. The second kappa shape index (κ2) is 6.81. The molecule has 1 saturated heterocycles. The van der Waals surface area contributed by atoms with E-state index < -0.39 is 12.2 Å². The summed E-state index contributed by atoms with van der Waals surface area (Å²) >= 11 is 5.93. The number of amides is 3. The zero-order valence-corrected chi connectivity index (χ0v) is 17.3. The summed E-state index contributed by atoms with van der Waals surface area (Å²) in [5, 5.41) is 0. The van der Waals surface area contributed by atoms with Gasteiger partial charge in [-0.3, -0.25) is 9.69 Å². The molecule has 3 amide bonds. The van der Waals surface area contributed by atoms with Gasteiger partial charge in [0, 0.05) is 31.4 Å². The van der Waals surface area contributed by atoms with Crippen molar-refractivity contribution in [1.82, 2.24) is 19.6 Å². The average molecular weight is 402 g/mol. The van der Waals surface area contributed by atoms with Crippen LogP contribution >= 0.6 is 11.6 Å². The van der Waals surface area contributed by atoms with Crippen molar-refractivity contribution in [3.05, 3.63) is 46.8 Å². The Labute approximate surface area is 169 Å². The molecule has 28 heavy (non-hydrogen) atoms. The van der Waals surface area contributed by atoms with Gasteiger partial charge in [0.2, 0.25) is 5.96 Å². The minimum atomic E-state index is -0.543. The first-order valence-corrected chi connectivity index (χ1v) is 9.89. The zero-order chi connectivity index (χ0) is 20.2. The topological polar surface area (TPSA) is 59.5 Å². The molecular weight excluding hydrogens is 378 g/mol. The van der Waals surface area contributed by atoms with Gasteiger partial charge in [-0.25, -0.2) is 9.79 Å². The monoisotopic (exact) mass is 401 g/mol. The quantitative estimate of drug-likeness (QED) is 0.727. The third-order valence-corrected chi connectivity index (χ3v) is 5.81. The Hall–Kier alpha value is -2.54. The number of carbonyl (C=O) groups is 2. The van der Waals surface area contributed by atoms with Crippen LogP contribution in [0.15, 0.2) is 35.1 Å². The first-order valence-electron chi connectivity index (χ1n) is 9.36. The van der Waals surface area contributed by atoms with Gasteiger partial charge in [-0.05, 0) is 31.9 Å². The molecular formula is C20H24ClN5O2. The van der Waals surface area contributed by atoms with Gasteiger partial charge in [0.15, 0.2) is 12.2 Å². The molecule has 2 atom stereocenters. The van der Waals surface area contributed by atoms with Crippen molar-refractivity contribution in [2.45, 2.75) is 39.5 Å². The van der Waals surface area contributed by atoms with Gasteiger partial charge in [0.1, 0.15) is 0 Å². The second-order valence-electron chi connectivity index (χ2n) is 7.55. The Bertz CT molecular complexity index is 912. The third-order valence-electron chi connectivity index (χ3n) is 5.64. The number of halogens is 1. The summed E-state index contributed by atoms with van der Waals surface area (Å²) in [6.07, 6.45) is 1.40. The molecule has 8 heteroatoms. The predicted molar refractivity (Wildman–Crippen MR) is 108 cm³/mol. The number of rotatable bonds is 4. The van der Waals surface area contributed by atoms with Crippen molar-refractivity contribution in [2.75, 3.05) is 19.5 Å². The molecule has 148 valence electrons. The zero-order valence-electron chi connectivity index (χ0n) is 16.5. The number of carbonyl (C=O) groups excluding carboxylic acids is 2. The van der Waals surface area contributed by atoms with E-state index >= 15 is 0 Å². The molecule has 4 rings (SSSR count). The molecule has 3 aliphatic rings. The first-order chi connectivity index (χ1) is 13.3. The van der Waals surface area contributed by atoms with E-state index in [1.807, 2.05) is 55.0 Å². The molecule has 0 saturated carbocycles. The molecule has 1 aromatic rings. The number of likely N-dealkylation sites (N-methyl/N-ethyl adjacent to an activating group) is 1. The van der Waals surface area contributed by atoms with Crippen LogP contribution in [0.3, 0.4) is 0 Å². The number of urea groups is 1. The van der Waals surface area contributed by atoms with Crippen LogP contribution in [0, 0.1) is 13.8 Å². The number of aryl methyl sites for hydroxylation is 2. The van der Waals surface area contributed by atoms with Crippen molar-refractivity contribution in [1.29, 1.82) is 0 Å². The highest BCUT2D eigenvalue weighted by atomic mass is 35.5. The lowest BCUT2D eigenvalue weighted by molar-refractivity contribution is -0.137. The molecule has 0 spiro atoms. The minimum absolute atomic E-state index is 0.218. The van der Waals surface area contributed by atoms with Gasteiger partial charge < -0.3 is 14.7 Å². The molecule has 0 aromatic heterocycles. The van der Waals surface area contributed by atoms with E-state index in [1.165, 1.54) is 4.90 Å². The van der Waals surface area contributed by atoms with Gasteiger partial charge >= 0.3 is 6.03 Å². The van der Waals surface area contributed by atoms with Crippen LogP contribution in [0.25, 0.3) is 0 Å². The maximum absolute atomic E-state index is 13.4. The van der Waals surface area contributed by atoms with Crippen molar-refractivity contribution in [3.8, 4) is 0 Å². The van der Waals surface area contributed by atoms with Crippen LogP contribution in [-0.4, -0.2) is 69.2 Å². The molecule has 3 aliphatic heterocycles. The predicted octanol–water partition coefficient (Wildman–Crippen LogP) is 2.48. The van der Waals surface area contributed by atoms with Gasteiger partial charge in [0.05, 0.1) is 6.54 Å². The second-order valence-corrected chi connectivity index (χ2v) is 7.93. The Morgan fingerprint density at radius 1 is 1.14 bits per heavy atom. The molecule has 3 heterocycles. The highest BCUT2D eigenvalue weighted by molar-refractivity contribution is 6.18. The van der Waals surface area contributed by atoms with Crippen molar-refractivity contribution >= 4 is 29.5 Å². The van der Waals surface area contributed by atoms with Crippen LogP contribution in [0.2, 0.25) is 0 Å². The van der Waals surface area contributed by atoms with Crippen LogP contribution in [0.1, 0.15) is 23.6 Å². The first kappa shape index (κ1) is 18.8. The summed E-state index contributed by atoms with van der Waals surface area (Å²) in [5.74, 6) is 0.925. The fourth-order valence-corrected chi connectivity index (χ4v) is 4.22. The molecule has 0 bridgehead atoms. The van der Waals surface area contributed by atoms with Crippen LogP contribution in [0.5, 0.6) is 0 Å². The smallest absolute Gasteiger partial charge is 0.314 e. The largest absolute Gasteiger partial charge is 0.328 e. The molecule has 1 fully saturated rings. The van der Waals surface area contributed by atoms with Gasteiger partial charge in [-0.15, -0.1) is 11.6 Å². The fourth-order valence-electron chi connectivity index (χ4n) is 4.05. The summed E-state index contributed by atoms with van der Waals surface area (Å²) in [4.78, 5) is 37.8. The maximum atomic E-state index is 13.4. The highest BCUT2D eigenvalue weighted by Gasteiger charge is 2.54. The summed E-state index contributed by atoms with van der Waals surface area (Å²) in [7, 11) is 1.71. The van der Waals surface area contributed by atoms with E-state index in [9.17, 15) is 9.59 Å². The van der Waals surface area contributed by atoms with E-state index in [0.29, 0.717) is 18.4 Å². The number of hydrogen-bond acceptors (Lipinski definition) is 5. The number of fused-ring (bicyclic) bond motifs is 3. The van der Waals surface area contributed by atoms with Crippen LogP contribution in [0.4, 0.5) is 4.79 Å². The van der Waals surface area contributed by atoms with E-state index in [-0.39, 0.29) is 18.5 Å². The number of allylic oxidation sites excluding steroid dienone is 1. The van der Waals surface area contributed by atoms with Gasteiger partial charge in [0.25, 0.3) is 5.91 Å². The number of guanidine groups is 1. The fraction of sp³-hybridized carbons (Fsp3) is 0.450. The summed E-state index contributed by atoms with van der Waals surface area (Å²) in [5.41, 5.74) is 4.13. The van der Waals surface area contributed by atoms with Crippen molar-refractivity contribution < 1.29 is 9.59 Å². The lowest BCUT2D eigenvalue weighted by atomic mass is 10.0. The normalized spacial score (nSPS) is 23.9. The van der Waals surface area contributed by atoms with E-state index in [1.54, 1.807) is 11.9 Å². The van der Waals surface area contributed by atoms with Crippen LogP contribution in [-0.2, 0) is 11.3 Å². The van der Waals surface area contributed by atoms with Crippen molar-refractivity contribution in [3.63, 3.8) is 0 Å². The summed E-state index contributed by atoms with van der Waals surface area (Å²) < 4.78 is 0. The molecule has 0 aliphatic carbocycles. The number of benzene rings is 1. The molecule has 0 radical (unpaired) electrons. The lowest BCUT2D eigenvalue weighted by Gasteiger charge is -2.40. The Balaban J connectivity index is 1.65. The van der Waals surface area contributed by atoms with Crippen LogP contribution < -0.4 is 0 Å².